The van der Waals surface area contributed by atoms with E-state index >= 15 is 0 Å². The number of hydrogen-bond donors (Lipinski definition) is 2. The highest BCUT2D eigenvalue weighted by molar-refractivity contribution is 7.80. The van der Waals surface area contributed by atoms with E-state index in [0.717, 1.165) is 24.9 Å². The molecule has 23 heavy (non-hydrogen) atoms. The summed E-state index contributed by atoms with van der Waals surface area (Å²) in [4.78, 5) is 14.8. The maximum atomic E-state index is 13.1. The molecule has 0 aliphatic carbocycles. The van der Waals surface area contributed by atoms with Crippen LogP contribution < -0.4 is 10.6 Å². The molecule has 126 valence electrons. The Morgan fingerprint density at radius 3 is 2.61 bits per heavy atom. The Hall–Kier alpha value is -1.46. The fourth-order valence-electron chi connectivity index (χ4n) is 2.73. The van der Waals surface area contributed by atoms with E-state index in [-0.39, 0.29) is 5.91 Å². The van der Waals surface area contributed by atoms with Crippen LogP contribution >= 0.6 is 12.2 Å². The molecule has 1 aromatic carbocycles. The average molecular weight is 334 g/mol. The summed E-state index contributed by atoms with van der Waals surface area (Å²) in [5.41, 5.74) is 0.293. The highest BCUT2D eigenvalue weighted by Gasteiger charge is 2.48. The second-order valence-electron chi connectivity index (χ2n) is 6.58. The van der Waals surface area contributed by atoms with Gasteiger partial charge < -0.3 is 5.32 Å². The Balaban J connectivity index is 2.23. The largest absolute Gasteiger partial charge is 0.336 e. The van der Waals surface area contributed by atoms with E-state index in [4.69, 9.17) is 12.2 Å². The van der Waals surface area contributed by atoms with E-state index in [1.807, 2.05) is 30.3 Å². The lowest BCUT2D eigenvalue weighted by molar-refractivity contribution is -0.132. The maximum Gasteiger partial charge on any atom is 0.269 e. The van der Waals surface area contributed by atoms with Crippen molar-refractivity contribution >= 4 is 23.2 Å². The minimum atomic E-state index is -0.823. The minimum absolute atomic E-state index is 0.0421. The van der Waals surface area contributed by atoms with Gasteiger partial charge in [0.05, 0.1) is 0 Å². The van der Waals surface area contributed by atoms with E-state index in [9.17, 15) is 4.79 Å². The molecule has 2 rings (SSSR count). The molecule has 0 radical (unpaired) electrons. The Morgan fingerprint density at radius 2 is 2.00 bits per heavy atom. The quantitative estimate of drug-likeness (QED) is 0.718. The van der Waals surface area contributed by atoms with Gasteiger partial charge in [-0.3, -0.25) is 15.0 Å². The maximum absolute atomic E-state index is 13.1. The van der Waals surface area contributed by atoms with Crippen LogP contribution in [-0.4, -0.2) is 34.7 Å². The van der Waals surface area contributed by atoms with Gasteiger partial charge in [0.1, 0.15) is 0 Å². The van der Waals surface area contributed by atoms with Gasteiger partial charge >= 0.3 is 0 Å². The standard InChI is InChI=1S/C18H27N3OS/c1-4-5-11-21-16(22)18(20-17(21)23,19-13-14(2)3)12-15-9-7-6-8-10-15/h6-10,14,19H,4-5,11-13H2,1-3H3,(H,20,23)/t18-/m1/s1. The van der Waals surface area contributed by atoms with E-state index in [1.165, 1.54) is 0 Å². The van der Waals surface area contributed by atoms with Crippen LogP contribution in [0.15, 0.2) is 30.3 Å². The third kappa shape index (κ3) is 4.30. The third-order valence-electron chi connectivity index (χ3n) is 4.04. The van der Waals surface area contributed by atoms with Crippen LogP contribution in [0.5, 0.6) is 0 Å². The van der Waals surface area contributed by atoms with Crippen molar-refractivity contribution in [2.24, 2.45) is 5.92 Å². The third-order valence-corrected chi connectivity index (χ3v) is 4.36. The van der Waals surface area contributed by atoms with Gasteiger partial charge in [-0.25, -0.2) is 0 Å². The van der Waals surface area contributed by atoms with Crippen molar-refractivity contribution in [3.05, 3.63) is 35.9 Å². The lowest BCUT2D eigenvalue weighted by Gasteiger charge is -2.29. The molecule has 4 nitrogen and oxygen atoms in total. The summed E-state index contributed by atoms with van der Waals surface area (Å²) in [5.74, 6) is 0.496. The Kier molecular flexibility index (Phi) is 6.13. The van der Waals surface area contributed by atoms with Gasteiger partial charge in [0.25, 0.3) is 5.91 Å². The summed E-state index contributed by atoms with van der Waals surface area (Å²) in [6.07, 6.45) is 2.58. The van der Waals surface area contributed by atoms with E-state index < -0.39 is 5.66 Å². The minimum Gasteiger partial charge on any atom is -0.336 e. The Morgan fingerprint density at radius 1 is 1.30 bits per heavy atom. The number of rotatable bonds is 8. The first kappa shape index (κ1) is 17.9. The molecule has 1 aliphatic rings. The first-order valence-corrected chi connectivity index (χ1v) is 8.82. The van der Waals surface area contributed by atoms with Crippen molar-refractivity contribution < 1.29 is 4.79 Å². The summed E-state index contributed by atoms with van der Waals surface area (Å²) < 4.78 is 0. The molecule has 0 bridgehead atoms. The highest BCUT2D eigenvalue weighted by Crippen LogP contribution is 2.22. The number of nitrogens with zero attached hydrogens (tertiary/aromatic N) is 1. The lowest BCUT2D eigenvalue weighted by Crippen LogP contribution is -2.61. The molecular weight excluding hydrogens is 306 g/mol. The van der Waals surface area contributed by atoms with Crippen molar-refractivity contribution in [2.45, 2.75) is 45.7 Å². The first-order chi connectivity index (χ1) is 11.0. The van der Waals surface area contributed by atoms with Crippen molar-refractivity contribution in [2.75, 3.05) is 13.1 Å². The van der Waals surface area contributed by atoms with Crippen LogP contribution in [0.25, 0.3) is 0 Å². The normalized spacial score (nSPS) is 21.1. The van der Waals surface area contributed by atoms with Gasteiger partial charge in [-0.2, -0.15) is 0 Å². The zero-order valence-electron chi connectivity index (χ0n) is 14.3. The smallest absolute Gasteiger partial charge is 0.269 e. The van der Waals surface area contributed by atoms with Crippen LogP contribution in [0.1, 0.15) is 39.2 Å². The summed E-state index contributed by atoms with van der Waals surface area (Å²) in [6.45, 7) is 7.83. The van der Waals surface area contributed by atoms with E-state index in [1.54, 1.807) is 4.90 Å². The second kappa shape index (κ2) is 7.88. The van der Waals surface area contributed by atoms with Crippen molar-refractivity contribution in [1.82, 2.24) is 15.5 Å². The summed E-state index contributed by atoms with van der Waals surface area (Å²) in [5, 5.41) is 7.25. The number of benzene rings is 1. The monoisotopic (exact) mass is 333 g/mol. The average Bonchev–Trinajstić information content (AvgIpc) is 2.75. The molecule has 0 unspecified atom stereocenters. The van der Waals surface area contributed by atoms with Crippen LogP contribution in [-0.2, 0) is 11.2 Å². The van der Waals surface area contributed by atoms with E-state index in [0.29, 0.717) is 24.0 Å². The zero-order valence-corrected chi connectivity index (χ0v) is 15.1. The van der Waals surface area contributed by atoms with Crippen molar-refractivity contribution in [1.29, 1.82) is 0 Å². The molecule has 0 aromatic heterocycles. The number of nitrogens with one attached hydrogen (secondary N) is 2. The molecular formula is C18H27N3OS. The molecule has 1 aliphatic heterocycles. The second-order valence-corrected chi connectivity index (χ2v) is 6.97. The first-order valence-electron chi connectivity index (χ1n) is 8.41. The van der Waals surface area contributed by atoms with Gasteiger partial charge in [-0.05, 0) is 30.1 Å². The van der Waals surface area contributed by atoms with Gasteiger partial charge in [-0.15, -0.1) is 0 Å². The number of thiocarbonyl (C=S) groups is 1. The topological polar surface area (TPSA) is 44.4 Å². The number of amides is 1. The predicted octanol–water partition coefficient (Wildman–Crippen LogP) is 2.69. The molecule has 1 saturated heterocycles. The molecule has 5 heteroatoms. The highest BCUT2D eigenvalue weighted by atomic mass is 32.1. The molecule has 0 spiro atoms. The predicted molar refractivity (Wildman–Crippen MR) is 98.1 cm³/mol. The fraction of sp³-hybridized carbons (Fsp3) is 0.556. The number of carbonyl (C=O) groups is 1. The van der Waals surface area contributed by atoms with Gasteiger partial charge in [0.15, 0.2) is 10.8 Å². The van der Waals surface area contributed by atoms with Crippen LogP contribution in [0.2, 0.25) is 0 Å². The molecule has 1 heterocycles. The SMILES string of the molecule is CCCCN1C(=O)[C@](Cc2ccccc2)(NCC(C)C)NC1=S. The lowest BCUT2D eigenvalue weighted by atomic mass is 9.98. The van der Waals surface area contributed by atoms with Crippen LogP contribution in [0.3, 0.4) is 0 Å². The molecule has 0 saturated carbocycles. The van der Waals surface area contributed by atoms with Crippen LogP contribution in [0, 0.1) is 5.92 Å². The van der Waals surface area contributed by atoms with Crippen molar-refractivity contribution in [3.63, 3.8) is 0 Å². The van der Waals surface area contributed by atoms with Gasteiger partial charge in [0.2, 0.25) is 0 Å². The molecule has 1 aromatic rings. The number of unbranched alkanes of at least 4 members (excludes halogenated alkanes) is 1. The Labute approximate surface area is 144 Å². The summed E-state index contributed by atoms with van der Waals surface area (Å²) in [7, 11) is 0. The zero-order chi connectivity index (χ0) is 16.9. The summed E-state index contributed by atoms with van der Waals surface area (Å²) >= 11 is 5.43. The van der Waals surface area contributed by atoms with Crippen LogP contribution in [0.4, 0.5) is 0 Å². The molecule has 2 N–H and O–H groups in total. The van der Waals surface area contributed by atoms with E-state index in [2.05, 4.69) is 31.4 Å². The van der Waals surface area contributed by atoms with Gasteiger partial charge in [-0.1, -0.05) is 57.5 Å². The molecule has 1 amide bonds. The Bertz CT molecular complexity index is 546. The molecule has 1 atom stereocenters. The van der Waals surface area contributed by atoms with Gasteiger partial charge in [0, 0.05) is 19.5 Å². The van der Waals surface area contributed by atoms with Crippen molar-refractivity contribution in [3.8, 4) is 0 Å². The number of hydrogen-bond acceptors (Lipinski definition) is 3. The summed E-state index contributed by atoms with van der Waals surface area (Å²) in [6, 6.07) is 10.1. The number of carbonyl (C=O) groups excluding carboxylic acids is 1. The fourth-order valence-corrected chi connectivity index (χ4v) is 3.08. The molecule has 1 fully saturated rings.